The molecule has 10 rings (SSSR count). The number of fused-ring (bicyclic) bond motifs is 2. The van der Waals surface area contributed by atoms with Gasteiger partial charge in [0, 0.05) is 109 Å². The van der Waals surface area contributed by atoms with Crippen LogP contribution in [0.4, 0.5) is 34.1 Å². The van der Waals surface area contributed by atoms with Crippen LogP contribution in [0.3, 0.4) is 0 Å². The minimum absolute atomic E-state index is 0. The summed E-state index contributed by atoms with van der Waals surface area (Å²) in [4.78, 5) is -4.11. The third kappa shape index (κ3) is 20.2. The Morgan fingerprint density at radius 3 is 0.917 bits per heavy atom. The number of aromatic hydroxyl groups is 4. The van der Waals surface area contributed by atoms with Gasteiger partial charge in [0.1, 0.15) is 74.7 Å². The van der Waals surface area contributed by atoms with Gasteiger partial charge in [-0.2, -0.15) is 0 Å². The van der Waals surface area contributed by atoms with Crippen molar-refractivity contribution in [2.45, 2.75) is 19.6 Å². The van der Waals surface area contributed by atoms with Gasteiger partial charge in [-0.3, -0.25) is 0 Å². The summed E-state index contributed by atoms with van der Waals surface area (Å²) in [5.74, 6) is -3.27. The van der Waals surface area contributed by atoms with E-state index in [9.17, 15) is 72.3 Å². The second kappa shape index (κ2) is 32.1. The Bertz CT molecular complexity index is 3490. The molecule has 4 aliphatic heterocycles. The maximum Gasteiger partial charge on any atom is 1.00 e. The number of azo groups is 2. The Hall–Kier alpha value is -5.80. The molecule has 2 radical (unpaired) electrons. The number of hydrogen-bond donors (Lipinski definition) is 10. The van der Waals surface area contributed by atoms with E-state index in [-0.39, 0.29) is 73.1 Å². The van der Waals surface area contributed by atoms with Crippen LogP contribution in [0, 0.1) is 0 Å². The van der Waals surface area contributed by atoms with E-state index < -0.39 is 117 Å². The van der Waals surface area contributed by atoms with Gasteiger partial charge in [-0.1, -0.05) is 12.1 Å². The fraction of sp³-hybridized carbons (Fsp3) is 0.333. The first-order valence-corrected chi connectivity index (χ1v) is 30.0. The van der Waals surface area contributed by atoms with Crippen molar-refractivity contribution in [2.24, 2.45) is 20.5 Å². The summed E-state index contributed by atoms with van der Waals surface area (Å²) in [5.41, 5.74) is 8.47. The molecule has 0 bridgehead atoms. The summed E-state index contributed by atoms with van der Waals surface area (Å²) in [6.45, 7) is 15.3. The fourth-order valence-corrected chi connectivity index (χ4v) is 10.1. The minimum atomic E-state index is -5.44. The topological polar surface area (TPSA) is 496 Å². The molecule has 12 N–H and O–H groups in total. The summed E-state index contributed by atoms with van der Waals surface area (Å²) < 4.78 is 162. The zero-order chi connectivity index (χ0) is 59.8. The van der Waals surface area contributed by atoms with Gasteiger partial charge in [-0.25, -0.2) is 33.7 Å². The zero-order valence-electron chi connectivity index (χ0n) is 47.7. The molecule has 468 valence electrons. The summed E-state index contributed by atoms with van der Waals surface area (Å²) in [6, 6.07) is 11.2. The molecule has 36 heteroatoms. The Labute approximate surface area is 509 Å². The number of ether oxygens (including phenoxy) is 4. The van der Waals surface area contributed by atoms with Crippen molar-refractivity contribution in [3.63, 3.8) is 0 Å². The first-order chi connectivity index (χ1) is 38.8. The smallest absolute Gasteiger partial charge is 0.744 e. The Balaban J connectivity index is 0.00000208. The Morgan fingerprint density at radius 2 is 0.702 bits per heavy atom. The van der Waals surface area contributed by atoms with E-state index in [0.717, 1.165) is 129 Å². The molecule has 4 aliphatic rings. The van der Waals surface area contributed by atoms with Crippen LogP contribution in [0.15, 0.2) is 113 Å². The quantitative estimate of drug-likeness (QED) is 0.0430. The molecule has 30 nitrogen and oxygen atoms in total. The third-order valence-electron chi connectivity index (χ3n) is 11.6. The maximum atomic E-state index is 12.1. The van der Waals surface area contributed by atoms with E-state index >= 15 is 0 Å². The average molecular weight is 1350 g/mol. The summed E-state index contributed by atoms with van der Waals surface area (Å²) in [6.07, 6.45) is 0. The van der Waals surface area contributed by atoms with Gasteiger partial charge < -0.3 is 90.3 Å². The number of rotatable bonds is 9. The molecule has 0 saturated carbocycles. The zero-order valence-corrected chi connectivity index (χ0v) is 48.9. The van der Waals surface area contributed by atoms with Crippen LogP contribution in [0.1, 0.15) is 5.71 Å². The van der Waals surface area contributed by atoms with Crippen molar-refractivity contribution in [3.05, 3.63) is 72.8 Å². The van der Waals surface area contributed by atoms with Gasteiger partial charge in [0.15, 0.2) is 11.5 Å². The number of nitrogens with one attached hydrogen (secondary N) is 4. The molecule has 84 heavy (non-hydrogen) atoms. The number of phenols is 4. The fourth-order valence-electron chi connectivity index (χ4n) is 7.69. The molecule has 0 aromatic heterocycles. The van der Waals surface area contributed by atoms with E-state index in [1.54, 1.807) is 0 Å². The van der Waals surface area contributed by atoms with Crippen molar-refractivity contribution in [1.29, 1.82) is 0 Å². The van der Waals surface area contributed by atoms with Crippen LogP contribution in [-0.4, -0.2) is 178 Å². The van der Waals surface area contributed by atoms with Crippen molar-refractivity contribution in [3.8, 4) is 34.1 Å². The number of morpholine rings is 4. The van der Waals surface area contributed by atoms with Crippen molar-refractivity contribution in [2.75, 3.05) is 117 Å². The van der Waals surface area contributed by atoms with Crippen molar-refractivity contribution < 1.29 is 131 Å². The van der Waals surface area contributed by atoms with Gasteiger partial charge in [0.05, 0.1) is 72.4 Å². The van der Waals surface area contributed by atoms with Gasteiger partial charge in [0.25, 0.3) is 0 Å². The molecule has 0 spiro atoms. The largest absolute Gasteiger partial charge is 1.00 e. The van der Waals surface area contributed by atoms with E-state index in [1.807, 2.05) is 0 Å². The first kappa shape index (κ1) is 70.7. The molecule has 6 aromatic carbocycles. The van der Waals surface area contributed by atoms with Gasteiger partial charge in [-0.15, -0.1) is 20.5 Å². The van der Waals surface area contributed by atoms with Crippen LogP contribution in [0.25, 0.3) is 32.7 Å². The number of benzene rings is 6. The van der Waals surface area contributed by atoms with Gasteiger partial charge in [-0.05, 0) is 82.6 Å². The predicted molar refractivity (Wildman–Crippen MR) is 295 cm³/mol. The van der Waals surface area contributed by atoms with Crippen LogP contribution in [-0.2, 0) is 93.6 Å². The SMILES string of the molecule is C1COCCN1.C1COCCN1.C1COCCN1.C1COCCN1.Nc1cc(S(=O)(=O)[O-])cc2cc(S(=O)(=O)[O-])c(N=Nc3ccc(-c4ccc(N=Nc5c(S(=O)(=O)[O-])cc6cc(S(=O)(=O)[O-])cc(N)c6c5O)c(O)c4)cc3O)c(O)c12.[Cu].[Cu].[H+].[H+].[H+].[H+]. The molecule has 4 heterocycles. The van der Waals surface area contributed by atoms with Gasteiger partial charge in [0.2, 0.25) is 0 Å². The van der Waals surface area contributed by atoms with Crippen molar-refractivity contribution in [1.82, 2.24) is 21.3 Å². The number of nitrogens with two attached hydrogens (primary N) is 2. The third-order valence-corrected chi connectivity index (χ3v) is 14.9. The van der Waals surface area contributed by atoms with E-state index in [4.69, 9.17) is 30.4 Å². The normalized spacial score (nSPS) is 15.8. The molecule has 4 saturated heterocycles. The molecule has 0 atom stereocenters. The molecular weight excluding hydrogens is 1290 g/mol. The number of phenolic OH excluding ortho intramolecular Hbond substituents is 4. The van der Waals surface area contributed by atoms with Crippen LogP contribution >= 0.6 is 0 Å². The number of anilines is 2. The summed E-state index contributed by atoms with van der Waals surface area (Å²) in [5, 5.41) is 68.9. The second-order valence-electron chi connectivity index (χ2n) is 17.4. The number of nitrogens with zero attached hydrogens (tertiary/aromatic N) is 4. The second-order valence-corrected chi connectivity index (χ2v) is 22.9. The molecule has 6 aromatic rings. The first-order valence-electron chi connectivity index (χ1n) is 24.4. The predicted octanol–water partition coefficient (Wildman–Crippen LogP) is 2.96. The minimum Gasteiger partial charge on any atom is -0.744 e. The summed E-state index contributed by atoms with van der Waals surface area (Å²) in [7, 11) is -21.1. The monoisotopic (exact) mass is 1350 g/mol. The van der Waals surface area contributed by atoms with Crippen LogP contribution < -0.4 is 32.7 Å². The standard InChI is InChI=1S/C32H24N6O16S4.4C4H9NO.2Cu/c33-19-11-17(55(43,44)45)5-15-9-25(57(49,50)51)29(31(41)27(15)19)37-35-21-3-1-13(7-23(21)39)14-2-4-22(24(40)8-14)36-38-30-26(58(52,53)54)10-16-6-18(56(46,47)48)12-20(34)28(16)32(30)42;4*1-3-6-4-2-5-1;;/h1-12,39-42H,33-34H2,(H,43,44,45)(H,46,47,48)(H,49,50,51)(H,52,53,54);4*5H,1-4H2;;. The average Bonchev–Trinajstić information content (AvgIpc) is 1.38. The molecular formula is C48H60Cu2N10O20S4. The molecule has 0 unspecified atom stereocenters. The number of hydrogen-bond acceptors (Lipinski definition) is 30. The summed E-state index contributed by atoms with van der Waals surface area (Å²) >= 11 is 0. The van der Waals surface area contributed by atoms with Gasteiger partial charge >= 0.3 is 5.71 Å². The van der Waals surface area contributed by atoms with Crippen LogP contribution in [0.2, 0.25) is 0 Å². The maximum absolute atomic E-state index is 12.1. The van der Waals surface area contributed by atoms with E-state index in [0.29, 0.717) is 36.4 Å². The Kier molecular flexibility index (Phi) is 27.0. The van der Waals surface area contributed by atoms with E-state index in [1.165, 1.54) is 12.1 Å². The van der Waals surface area contributed by atoms with Crippen molar-refractivity contribution >= 4 is 96.1 Å². The molecule has 0 aliphatic carbocycles. The molecule has 0 amide bonds. The van der Waals surface area contributed by atoms with Crippen LogP contribution in [0.5, 0.6) is 23.0 Å². The van der Waals surface area contributed by atoms with E-state index in [2.05, 4.69) is 41.7 Å². The molecule has 4 fully saturated rings. The Morgan fingerprint density at radius 1 is 0.417 bits per heavy atom. The number of nitrogen functional groups attached to an aromatic ring is 2.